The molecule has 0 bridgehead atoms. The fourth-order valence-electron chi connectivity index (χ4n) is 1.07. The Kier molecular flexibility index (Phi) is 2.81. The van der Waals surface area contributed by atoms with Crippen LogP contribution in [0.2, 0.25) is 0 Å². The normalized spacial score (nSPS) is 36.7. The highest BCUT2D eigenvalue weighted by Crippen LogP contribution is 2.36. The van der Waals surface area contributed by atoms with Crippen LogP contribution in [0.3, 0.4) is 0 Å². The van der Waals surface area contributed by atoms with Crippen LogP contribution in [0.25, 0.3) is 0 Å². The molecule has 64 valence electrons. The predicted octanol–water partition coefficient (Wildman–Crippen LogP) is 2.65. The summed E-state index contributed by atoms with van der Waals surface area (Å²) in [4.78, 5) is -0.409. The number of allylic oxidation sites excluding steroid dienone is 1. The Labute approximate surface area is 79.0 Å². The summed E-state index contributed by atoms with van der Waals surface area (Å²) >= 11 is 8.69. The highest BCUT2D eigenvalue weighted by molar-refractivity contribution is 7.85. The zero-order valence-corrected chi connectivity index (χ0v) is 8.66. The lowest BCUT2D eigenvalue weighted by Crippen LogP contribution is -2.25. The molecule has 3 heteroatoms. The number of hydrogen-bond donors (Lipinski definition) is 2. The highest BCUT2D eigenvalue weighted by atomic mass is 32.1. The molecule has 0 aromatic rings. The summed E-state index contributed by atoms with van der Waals surface area (Å²) in [5.74, 6) is 1.03. The average Bonchev–Trinajstić information content (AvgIpc) is 2.08. The number of rotatable bonds is 2. The van der Waals surface area contributed by atoms with Crippen molar-refractivity contribution < 1.29 is 4.74 Å². The van der Waals surface area contributed by atoms with Gasteiger partial charge in [-0.05, 0) is 19.4 Å². The van der Waals surface area contributed by atoms with Crippen LogP contribution in [-0.2, 0) is 4.74 Å². The van der Waals surface area contributed by atoms with Crippen molar-refractivity contribution in [2.45, 2.75) is 36.9 Å². The van der Waals surface area contributed by atoms with E-state index in [-0.39, 0.29) is 5.25 Å². The van der Waals surface area contributed by atoms with Gasteiger partial charge in [-0.3, -0.25) is 0 Å². The Balaban J connectivity index is 2.56. The highest BCUT2D eigenvalue weighted by Gasteiger charge is 2.34. The van der Waals surface area contributed by atoms with Gasteiger partial charge in [0.15, 0.2) is 4.93 Å². The lowest BCUT2D eigenvalue weighted by atomic mass is 10.2. The van der Waals surface area contributed by atoms with E-state index in [1.54, 1.807) is 0 Å². The molecular weight excluding hydrogens is 176 g/mol. The lowest BCUT2D eigenvalue weighted by molar-refractivity contribution is 0.127. The van der Waals surface area contributed by atoms with Gasteiger partial charge in [-0.15, -0.1) is 12.6 Å². The quantitative estimate of drug-likeness (QED) is 0.637. The van der Waals surface area contributed by atoms with Gasteiger partial charge in [0.25, 0.3) is 0 Å². The molecule has 1 rings (SSSR count). The maximum absolute atomic E-state index is 5.55. The van der Waals surface area contributed by atoms with Crippen LogP contribution in [0.4, 0.5) is 0 Å². The summed E-state index contributed by atoms with van der Waals surface area (Å²) in [7, 11) is 0. The van der Waals surface area contributed by atoms with Gasteiger partial charge in [-0.1, -0.05) is 6.92 Å². The van der Waals surface area contributed by atoms with Crippen molar-refractivity contribution >= 4 is 25.3 Å². The first-order valence-corrected chi connectivity index (χ1v) is 4.83. The van der Waals surface area contributed by atoms with E-state index in [2.05, 4.69) is 32.2 Å². The van der Waals surface area contributed by atoms with E-state index in [1.807, 2.05) is 13.0 Å². The molecule has 0 unspecified atom stereocenters. The predicted molar refractivity (Wildman–Crippen MR) is 54.2 cm³/mol. The molecule has 0 fully saturated rings. The molecule has 1 aliphatic heterocycles. The second kappa shape index (κ2) is 3.31. The third kappa shape index (κ3) is 2.09. The fraction of sp³-hybridized carbons (Fsp3) is 0.750. The first kappa shape index (κ1) is 9.33. The van der Waals surface area contributed by atoms with E-state index in [0.29, 0.717) is 0 Å². The van der Waals surface area contributed by atoms with E-state index in [0.717, 1.165) is 18.6 Å². The summed E-state index contributed by atoms with van der Waals surface area (Å²) in [6.45, 7) is 4.07. The molecule has 11 heavy (non-hydrogen) atoms. The Morgan fingerprint density at radius 3 is 2.73 bits per heavy atom. The van der Waals surface area contributed by atoms with E-state index in [9.17, 15) is 0 Å². The molecule has 1 aliphatic rings. The SMILES string of the molecule is CCCC1=C[C@@H](S)[C@](C)(S)O1. The zero-order valence-electron chi connectivity index (χ0n) is 6.87. The summed E-state index contributed by atoms with van der Waals surface area (Å²) < 4.78 is 5.55. The van der Waals surface area contributed by atoms with Gasteiger partial charge < -0.3 is 4.74 Å². The molecular formula is C8H14OS2. The second-order valence-electron chi connectivity index (χ2n) is 2.98. The summed E-state index contributed by atoms with van der Waals surface area (Å²) in [6.07, 6.45) is 4.14. The van der Waals surface area contributed by atoms with Crippen LogP contribution >= 0.6 is 25.3 Å². The van der Waals surface area contributed by atoms with Gasteiger partial charge in [0.05, 0.1) is 11.0 Å². The van der Waals surface area contributed by atoms with Crippen LogP contribution in [0.1, 0.15) is 26.7 Å². The second-order valence-corrected chi connectivity index (χ2v) is 4.43. The molecule has 1 nitrogen and oxygen atoms in total. The van der Waals surface area contributed by atoms with Gasteiger partial charge in [0.2, 0.25) is 0 Å². The van der Waals surface area contributed by atoms with Crippen molar-refractivity contribution in [1.82, 2.24) is 0 Å². The van der Waals surface area contributed by atoms with Crippen LogP contribution in [-0.4, -0.2) is 10.2 Å². The largest absolute Gasteiger partial charge is 0.480 e. The number of thiol groups is 2. The van der Waals surface area contributed by atoms with Crippen molar-refractivity contribution in [2.75, 3.05) is 0 Å². The van der Waals surface area contributed by atoms with E-state index < -0.39 is 4.93 Å². The Morgan fingerprint density at radius 2 is 2.36 bits per heavy atom. The minimum Gasteiger partial charge on any atom is -0.480 e. The third-order valence-electron chi connectivity index (χ3n) is 1.73. The zero-order chi connectivity index (χ0) is 8.48. The number of ether oxygens (including phenoxy) is 1. The van der Waals surface area contributed by atoms with Crippen LogP contribution in [0.15, 0.2) is 11.8 Å². The Morgan fingerprint density at radius 1 is 1.73 bits per heavy atom. The Hall–Kier alpha value is 0.240. The molecule has 0 N–H and O–H groups in total. The fourth-order valence-corrected chi connectivity index (χ4v) is 1.48. The van der Waals surface area contributed by atoms with E-state index in [4.69, 9.17) is 4.74 Å². The van der Waals surface area contributed by atoms with Crippen LogP contribution in [0.5, 0.6) is 0 Å². The van der Waals surface area contributed by atoms with Gasteiger partial charge in [0, 0.05) is 6.42 Å². The van der Waals surface area contributed by atoms with Gasteiger partial charge in [-0.25, -0.2) is 0 Å². The standard InChI is InChI=1S/C8H14OS2/c1-3-4-6-5-7(10)8(2,11)9-6/h5,7,10-11H,3-4H2,1-2H3/t7-,8+/m1/s1. The molecule has 0 amide bonds. The van der Waals surface area contributed by atoms with Gasteiger partial charge >= 0.3 is 0 Å². The molecule has 0 aromatic carbocycles. The lowest BCUT2D eigenvalue weighted by Gasteiger charge is -2.22. The average molecular weight is 190 g/mol. The minimum absolute atomic E-state index is 0.118. The molecule has 0 saturated heterocycles. The topological polar surface area (TPSA) is 9.23 Å². The van der Waals surface area contributed by atoms with Crippen LogP contribution in [0, 0.1) is 0 Å². The molecule has 0 radical (unpaired) electrons. The first-order chi connectivity index (χ1) is 5.06. The summed E-state index contributed by atoms with van der Waals surface area (Å²) in [5, 5.41) is 0.118. The van der Waals surface area contributed by atoms with E-state index in [1.165, 1.54) is 0 Å². The third-order valence-corrected chi connectivity index (χ3v) is 2.94. The Bertz CT molecular complexity index is 175. The minimum atomic E-state index is -0.409. The molecule has 0 saturated carbocycles. The van der Waals surface area contributed by atoms with Crippen molar-refractivity contribution in [3.05, 3.63) is 11.8 Å². The number of hydrogen-bond acceptors (Lipinski definition) is 3. The van der Waals surface area contributed by atoms with Crippen molar-refractivity contribution in [3.63, 3.8) is 0 Å². The summed E-state index contributed by atoms with van der Waals surface area (Å²) in [5.41, 5.74) is 0. The molecule has 2 atom stereocenters. The monoisotopic (exact) mass is 190 g/mol. The summed E-state index contributed by atoms with van der Waals surface area (Å²) in [6, 6.07) is 0. The maximum atomic E-state index is 5.55. The molecule has 0 aromatic heterocycles. The molecule has 1 heterocycles. The molecule has 0 spiro atoms. The molecule has 0 aliphatic carbocycles. The maximum Gasteiger partial charge on any atom is 0.163 e. The van der Waals surface area contributed by atoms with Gasteiger partial charge in [0.1, 0.15) is 0 Å². The van der Waals surface area contributed by atoms with Crippen molar-refractivity contribution in [1.29, 1.82) is 0 Å². The van der Waals surface area contributed by atoms with E-state index >= 15 is 0 Å². The van der Waals surface area contributed by atoms with Crippen molar-refractivity contribution in [3.8, 4) is 0 Å². The van der Waals surface area contributed by atoms with Gasteiger partial charge in [-0.2, -0.15) is 12.6 Å². The smallest absolute Gasteiger partial charge is 0.163 e. The van der Waals surface area contributed by atoms with Crippen LogP contribution < -0.4 is 0 Å². The van der Waals surface area contributed by atoms with Crippen molar-refractivity contribution in [2.24, 2.45) is 0 Å². The first-order valence-electron chi connectivity index (χ1n) is 3.86.